The molecule has 0 atom stereocenters. The number of rotatable bonds is 3. The zero-order chi connectivity index (χ0) is 17.3. The highest BCUT2D eigenvalue weighted by molar-refractivity contribution is 6.32. The van der Waals surface area contributed by atoms with Gasteiger partial charge in [-0.3, -0.25) is 14.5 Å². The molecule has 0 unspecified atom stereocenters. The summed E-state index contributed by atoms with van der Waals surface area (Å²) in [5.74, 6) is -1.84. The first-order valence-corrected chi connectivity index (χ1v) is 7.24. The van der Waals surface area contributed by atoms with Crippen LogP contribution in [-0.2, 0) is 4.79 Å². The Balaban J connectivity index is 1.74. The van der Waals surface area contributed by atoms with Gasteiger partial charge in [0.15, 0.2) is 0 Å². The van der Waals surface area contributed by atoms with Crippen LogP contribution < -0.4 is 4.74 Å². The third-order valence-corrected chi connectivity index (χ3v) is 3.75. The first-order chi connectivity index (χ1) is 11.5. The van der Waals surface area contributed by atoms with Crippen LogP contribution in [0.1, 0.15) is 26.3 Å². The summed E-state index contributed by atoms with van der Waals surface area (Å²) in [6.07, 6.45) is 0. The van der Waals surface area contributed by atoms with E-state index >= 15 is 0 Å². The van der Waals surface area contributed by atoms with E-state index in [2.05, 4.69) is 0 Å². The largest absolute Gasteiger partial charge is 0.424 e. The molecule has 0 spiro atoms. The van der Waals surface area contributed by atoms with Crippen LogP contribution in [0.15, 0.2) is 42.5 Å². The normalized spacial score (nSPS) is 12.8. The summed E-state index contributed by atoms with van der Waals surface area (Å²) >= 11 is 5.92. The number of hydrogen-bond donors (Lipinski definition) is 0. The number of carbonyl (C=O) groups excluding carboxylic acids is 3. The zero-order valence-electron chi connectivity index (χ0n) is 12.2. The Morgan fingerprint density at radius 1 is 1.12 bits per heavy atom. The molecule has 0 saturated heterocycles. The number of nitrogens with zero attached hydrogens (tertiary/aromatic N) is 2. The van der Waals surface area contributed by atoms with Crippen LogP contribution in [0.4, 0.5) is 0 Å². The van der Waals surface area contributed by atoms with Gasteiger partial charge in [0.25, 0.3) is 11.8 Å². The molecule has 0 N–H and O–H groups in total. The number of halogens is 1. The second-order valence-corrected chi connectivity index (χ2v) is 5.38. The zero-order valence-corrected chi connectivity index (χ0v) is 12.9. The first-order valence-electron chi connectivity index (χ1n) is 6.87. The van der Waals surface area contributed by atoms with Crippen LogP contribution in [0.2, 0.25) is 5.02 Å². The Labute approximate surface area is 141 Å². The van der Waals surface area contributed by atoms with Gasteiger partial charge in [-0.25, -0.2) is 4.79 Å². The minimum Gasteiger partial charge on any atom is -0.424 e. The van der Waals surface area contributed by atoms with Crippen molar-refractivity contribution in [3.8, 4) is 11.8 Å². The molecule has 2 aromatic rings. The average Bonchev–Trinajstić information content (AvgIpc) is 2.82. The third-order valence-electron chi connectivity index (χ3n) is 3.45. The Bertz CT molecular complexity index is 882. The lowest BCUT2D eigenvalue weighted by molar-refractivity contribution is -0.134. The number of esters is 1. The highest BCUT2D eigenvalue weighted by Gasteiger charge is 2.36. The van der Waals surface area contributed by atoms with Crippen molar-refractivity contribution >= 4 is 29.4 Å². The summed E-state index contributed by atoms with van der Waals surface area (Å²) in [4.78, 5) is 37.2. The summed E-state index contributed by atoms with van der Waals surface area (Å²) in [5, 5.41) is 8.86. The van der Waals surface area contributed by atoms with Gasteiger partial charge in [-0.05, 0) is 30.3 Å². The van der Waals surface area contributed by atoms with E-state index in [1.165, 1.54) is 30.3 Å². The van der Waals surface area contributed by atoms with Crippen LogP contribution in [-0.4, -0.2) is 29.2 Å². The molecule has 0 fully saturated rings. The molecule has 3 rings (SSSR count). The predicted molar refractivity (Wildman–Crippen MR) is 83.6 cm³/mol. The summed E-state index contributed by atoms with van der Waals surface area (Å²) in [7, 11) is 0. The van der Waals surface area contributed by atoms with E-state index in [0.717, 1.165) is 4.90 Å². The number of fused-ring (bicyclic) bond motifs is 1. The van der Waals surface area contributed by atoms with Crippen molar-refractivity contribution < 1.29 is 19.1 Å². The molecule has 0 bridgehead atoms. The average molecular weight is 341 g/mol. The van der Waals surface area contributed by atoms with Gasteiger partial charge in [0.2, 0.25) is 0 Å². The predicted octanol–water partition coefficient (Wildman–Crippen LogP) is 2.41. The number of hydrogen-bond acceptors (Lipinski definition) is 5. The molecule has 0 aliphatic carbocycles. The second-order valence-electron chi connectivity index (χ2n) is 4.97. The van der Waals surface area contributed by atoms with Gasteiger partial charge in [0, 0.05) is 0 Å². The molecule has 7 heteroatoms. The Morgan fingerprint density at radius 2 is 1.75 bits per heavy atom. The minimum atomic E-state index is -0.809. The third kappa shape index (κ3) is 2.73. The number of benzene rings is 2. The van der Waals surface area contributed by atoms with Crippen LogP contribution in [0.3, 0.4) is 0 Å². The van der Waals surface area contributed by atoms with Gasteiger partial charge >= 0.3 is 5.97 Å². The maximum absolute atomic E-state index is 12.2. The Hall–Kier alpha value is -3.17. The van der Waals surface area contributed by atoms with Crippen molar-refractivity contribution in [1.82, 2.24) is 4.90 Å². The smallest absolute Gasteiger partial charge is 0.331 e. The lowest BCUT2D eigenvalue weighted by Gasteiger charge is -2.13. The van der Waals surface area contributed by atoms with E-state index < -0.39 is 24.3 Å². The van der Waals surface area contributed by atoms with Crippen molar-refractivity contribution in [3.05, 3.63) is 64.2 Å². The lowest BCUT2D eigenvalue weighted by atomic mass is 10.1. The van der Waals surface area contributed by atoms with Crippen molar-refractivity contribution in [2.24, 2.45) is 0 Å². The highest BCUT2D eigenvalue weighted by atomic mass is 35.5. The Morgan fingerprint density at radius 3 is 2.29 bits per heavy atom. The maximum Gasteiger partial charge on any atom is 0.331 e. The number of imide groups is 1. The quantitative estimate of drug-likeness (QED) is 0.486. The molecule has 2 amide bonds. The number of nitriles is 1. The fraction of sp³-hybridized carbons (Fsp3) is 0.0588. The van der Waals surface area contributed by atoms with Gasteiger partial charge in [0.05, 0.1) is 27.8 Å². The molecule has 24 heavy (non-hydrogen) atoms. The molecule has 1 heterocycles. The number of amides is 2. The van der Waals surface area contributed by atoms with Crippen molar-refractivity contribution in [2.75, 3.05) is 6.54 Å². The standard InChI is InChI=1S/C17H9ClN2O4/c18-13-7-10(8-19)5-6-14(13)24-15(21)9-20-16(22)11-3-1-2-4-12(11)17(20)23/h1-7H,9H2. The van der Waals surface area contributed by atoms with E-state index in [9.17, 15) is 14.4 Å². The maximum atomic E-state index is 12.2. The van der Waals surface area contributed by atoms with Crippen LogP contribution in [0.25, 0.3) is 0 Å². The van der Waals surface area contributed by atoms with Gasteiger partial charge in [-0.2, -0.15) is 5.26 Å². The Kier molecular flexibility index (Phi) is 4.02. The summed E-state index contributed by atoms with van der Waals surface area (Å²) in [5.41, 5.74) is 0.832. The number of ether oxygens (including phenoxy) is 1. The molecule has 1 aliphatic rings. The monoisotopic (exact) mass is 340 g/mol. The second kappa shape index (κ2) is 6.14. The first kappa shape index (κ1) is 15.7. The van der Waals surface area contributed by atoms with Gasteiger partial charge in [-0.1, -0.05) is 23.7 Å². The molecule has 6 nitrogen and oxygen atoms in total. The summed E-state index contributed by atoms with van der Waals surface area (Å²) in [6.45, 7) is -0.525. The molecular formula is C17H9ClN2O4. The van der Waals surface area contributed by atoms with E-state index in [1.807, 2.05) is 6.07 Å². The van der Waals surface area contributed by atoms with E-state index in [-0.39, 0.29) is 21.9 Å². The van der Waals surface area contributed by atoms with E-state index in [4.69, 9.17) is 21.6 Å². The molecule has 0 radical (unpaired) electrons. The fourth-order valence-electron chi connectivity index (χ4n) is 2.32. The molecule has 0 aromatic heterocycles. The molecule has 1 aliphatic heterocycles. The molecular weight excluding hydrogens is 332 g/mol. The minimum absolute atomic E-state index is 0.0530. The van der Waals surface area contributed by atoms with E-state index in [0.29, 0.717) is 5.56 Å². The van der Waals surface area contributed by atoms with Gasteiger partial charge in [-0.15, -0.1) is 0 Å². The molecule has 118 valence electrons. The fourth-order valence-corrected chi connectivity index (χ4v) is 2.54. The van der Waals surface area contributed by atoms with Crippen LogP contribution >= 0.6 is 11.6 Å². The SMILES string of the molecule is N#Cc1ccc(OC(=O)CN2C(=O)c3ccccc3C2=O)c(Cl)c1. The molecule has 0 saturated carbocycles. The van der Waals surface area contributed by atoms with Crippen molar-refractivity contribution in [1.29, 1.82) is 5.26 Å². The van der Waals surface area contributed by atoms with Gasteiger partial charge in [0.1, 0.15) is 12.3 Å². The van der Waals surface area contributed by atoms with Gasteiger partial charge < -0.3 is 4.74 Å². The lowest BCUT2D eigenvalue weighted by Crippen LogP contribution is -2.36. The highest BCUT2D eigenvalue weighted by Crippen LogP contribution is 2.26. The van der Waals surface area contributed by atoms with Crippen LogP contribution in [0.5, 0.6) is 5.75 Å². The van der Waals surface area contributed by atoms with E-state index in [1.54, 1.807) is 12.1 Å². The summed E-state index contributed by atoms with van der Waals surface area (Å²) < 4.78 is 5.08. The van der Waals surface area contributed by atoms with Crippen molar-refractivity contribution in [2.45, 2.75) is 0 Å². The van der Waals surface area contributed by atoms with Crippen molar-refractivity contribution in [3.63, 3.8) is 0 Å². The number of carbonyl (C=O) groups is 3. The molecule has 2 aromatic carbocycles. The topological polar surface area (TPSA) is 87.5 Å². The van der Waals surface area contributed by atoms with Crippen LogP contribution in [0, 0.1) is 11.3 Å². The summed E-state index contributed by atoms with van der Waals surface area (Å²) in [6, 6.07) is 12.4.